The van der Waals surface area contributed by atoms with E-state index in [0.717, 1.165) is 44.7 Å². The molecular formula is C22H34FN3O2. The van der Waals surface area contributed by atoms with Crippen molar-refractivity contribution in [3.8, 4) is 5.75 Å². The van der Waals surface area contributed by atoms with Crippen molar-refractivity contribution in [2.75, 3.05) is 39.8 Å². The summed E-state index contributed by atoms with van der Waals surface area (Å²) >= 11 is 0. The minimum absolute atomic E-state index is 0.150. The van der Waals surface area contributed by atoms with Gasteiger partial charge in [0.1, 0.15) is 0 Å². The Labute approximate surface area is 168 Å². The first-order chi connectivity index (χ1) is 13.5. The zero-order valence-electron chi connectivity index (χ0n) is 17.4. The predicted octanol–water partition coefficient (Wildman–Crippen LogP) is 2.89. The standard InChI is InChI=1S/C22H34FN3O2/c1-16-5-4-6-20(17(16)2)24-22(27)15-26-11-9-25(10-12-26)14-18-7-8-21(28-3)19(23)13-18/h7-8,13,16-17,20H,4-6,9-12,14-15H2,1-3H3,(H,24,27). The fraction of sp³-hybridized carbons (Fsp3) is 0.682. The smallest absolute Gasteiger partial charge is 0.234 e. The van der Waals surface area contributed by atoms with Crippen molar-refractivity contribution in [1.29, 1.82) is 0 Å². The van der Waals surface area contributed by atoms with Gasteiger partial charge < -0.3 is 10.1 Å². The Morgan fingerprint density at radius 2 is 1.89 bits per heavy atom. The number of nitrogens with zero attached hydrogens (tertiary/aromatic N) is 2. The second-order valence-corrected chi connectivity index (χ2v) is 8.46. The summed E-state index contributed by atoms with van der Waals surface area (Å²) in [4.78, 5) is 17.0. The fourth-order valence-electron chi connectivity index (χ4n) is 4.41. The quantitative estimate of drug-likeness (QED) is 0.810. The molecule has 6 heteroatoms. The maximum absolute atomic E-state index is 13.9. The molecule has 3 atom stereocenters. The van der Waals surface area contributed by atoms with E-state index in [0.29, 0.717) is 24.4 Å². The molecule has 3 unspecified atom stereocenters. The highest BCUT2D eigenvalue weighted by Crippen LogP contribution is 2.29. The Balaban J connectivity index is 1.41. The molecule has 0 bridgehead atoms. The Hall–Kier alpha value is -1.66. The molecule has 1 saturated heterocycles. The van der Waals surface area contributed by atoms with Crippen LogP contribution >= 0.6 is 0 Å². The number of benzene rings is 1. The number of halogens is 1. The van der Waals surface area contributed by atoms with Crippen LogP contribution in [0.5, 0.6) is 5.75 Å². The van der Waals surface area contributed by atoms with Gasteiger partial charge in [-0.05, 0) is 36.0 Å². The average molecular weight is 392 g/mol. The number of carbonyl (C=O) groups is 1. The number of hydrogen-bond donors (Lipinski definition) is 1. The summed E-state index contributed by atoms with van der Waals surface area (Å²) in [5.41, 5.74) is 0.949. The summed E-state index contributed by atoms with van der Waals surface area (Å²) < 4.78 is 18.8. The van der Waals surface area contributed by atoms with E-state index >= 15 is 0 Å². The zero-order valence-corrected chi connectivity index (χ0v) is 17.4. The van der Waals surface area contributed by atoms with Crippen molar-refractivity contribution in [2.24, 2.45) is 11.8 Å². The second-order valence-electron chi connectivity index (χ2n) is 8.46. The van der Waals surface area contributed by atoms with Gasteiger partial charge in [-0.3, -0.25) is 14.6 Å². The van der Waals surface area contributed by atoms with Crippen LogP contribution < -0.4 is 10.1 Å². The first-order valence-corrected chi connectivity index (χ1v) is 10.5. The molecule has 0 spiro atoms. The number of carbonyl (C=O) groups excluding carboxylic acids is 1. The van der Waals surface area contributed by atoms with Crippen LogP contribution in [0.1, 0.15) is 38.7 Å². The molecular weight excluding hydrogens is 357 g/mol. The van der Waals surface area contributed by atoms with Crippen LogP contribution in [0.15, 0.2) is 18.2 Å². The number of rotatable bonds is 6. The highest BCUT2D eigenvalue weighted by molar-refractivity contribution is 5.78. The molecule has 2 aliphatic rings. The minimum atomic E-state index is -0.318. The van der Waals surface area contributed by atoms with E-state index in [4.69, 9.17) is 4.74 Å². The molecule has 1 aliphatic heterocycles. The summed E-state index contributed by atoms with van der Waals surface area (Å²) in [5, 5.41) is 3.27. The molecule has 1 N–H and O–H groups in total. The van der Waals surface area contributed by atoms with Crippen LogP contribution in [0, 0.1) is 17.7 Å². The number of piperazine rings is 1. The highest BCUT2D eigenvalue weighted by atomic mass is 19.1. The van der Waals surface area contributed by atoms with Gasteiger partial charge in [0.05, 0.1) is 13.7 Å². The summed E-state index contributed by atoms with van der Waals surface area (Å²) in [6, 6.07) is 5.46. The predicted molar refractivity (Wildman–Crippen MR) is 109 cm³/mol. The van der Waals surface area contributed by atoms with Gasteiger partial charge in [-0.2, -0.15) is 0 Å². The third kappa shape index (κ3) is 5.45. The van der Waals surface area contributed by atoms with E-state index in [1.165, 1.54) is 20.0 Å². The Kier molecular flexibility index (Phi) is 7.30. The van der Waals surface area contributed by atoms with E-state index in [2.05, 4.69) is 29.0 Å². The SMILES string of the molecule is COc1ccc(CN2CCN(CC(=O)NC3CCCC(C)C3C)CC2)cc1F. The van der Waals surface area contributed by atoms with Crippen molar-refractivity contribution >= 4 is 5.91 Å². The van der Waals surface area contributed by atoms with E-state index in [-0.39, 0.29) is 17.5 Å². The normalized spacial score (nSPS) is 26.8. The van der Waals surface area contributed by atoms with E-state index < -0.39 is 0 Å². The lowest BCUT2D eigenvalue weighted by molar-refractivity contribution is -0.124. The first kappa shape index (κ1) is 21.1. The van der Waals surface area contributed by atoms with Crippen molar-refractivity contribution < 1.29 is 13.9 Å². The van der Waals surface area contributed by atoms with Crippen LogP contribution in [-0.2, 0) is 11.3 Å². The van der Waals surface area contributed by atoms with Crippen LogP contribution in [0.3, 0.4) is 0 Å². The van der Waals surface area contributed by atoms with Gasteiger partial charge in [-0.15, -0.1) is 0 Å². The lowest BCUT2D eigenvalue weighted by Crippen LogP contribution is -2.51. The number of nitrogens with one attached hydrogen (secondary N) is 1. The Morgan fingerprint density at radius 3 is 2.57 bits per heavy atom. The molecule has 1 amide bonds. The Morgan fingerprint density at radius 1 is 1.18 bits per heavy atom. The molecule has 1 aliphatic carbocycles. The van der Waals surface area contributed by atoms with Crippen LogP contribution in [-0.4, -0.2) is 61.6 Å². The van der Waals surface area contributed by atoms with Crippen LogP contribution in [0.2, 0.25) is 0 Å². The van der Waals surface area contributed by atoms with Gasteiger partial charge in [0, 0.05) is 38.8 Å². The van der Waals surface area contributed by atoms with Gasteiger partial charge in [0.25, 0.3) is 0 Å². The maximum Gasteiger partial charge on any atom is 0.234 e. The molecule has 0 radical (unpaired) electrons. The number of hydrogen-bond acceptors (Lipinski definition) is 4. The third-order valence-electron chi connectivity index (χ3n) is 6.51. The maximum atomic E-state index is 13.9. The highest BCUT2D eigenvalue weighted by Gasteiger charge is 2.28. The Bertz CT molecular complexity index is 661. The number of methoxy groups -OCH3 is 1. The molecule has 5 nitrogen and oxygen atoms in total. The summed E-state index contributed by atoms with van der Waals surface area (Å²) in [6.45, 7) is 9.24. The van der Waals surface area contributed by atoms with Crippen LogP contribution in [0.4, 0.5) is 4.39 Å². The van der Waals surface area contributed by atoms with Gasteiger partial charge >= 0.3 is 0 Å². The number of ether oxygens (including phenoxy) is 1. The topological polar surface area (TPSA) is 44.8 Å². The zero-order chi connectivity index (χ0) is 20.1. The van der Waals surface area contributed by atoms with E-state index in [9.17, 15) is 9.18 Å². The lowest BCUT2D eigenvalue weighted by Gasteiger charge is -2.37. The molecule has 28 heavy (non-hydrogen) atoms. The number of amides is 1. The van der Waals surface area contributed by atoms with Gasteiger partial charge in [-0.1, -0.05) is 32.8 Å². The molecule has 2 fully saturated rings. The van der Waals surface area contributed by atoms with Gasteiger partial charge in [0.15, 0.2) is 11.6 Å². The van der Waals surface area contributed by atoms with Gasteiger partial charge in [0.2, 0.25) is 5.91 Å². The average Bonchev–Trinajstić information content (AvgIpc) is 2.67. The largest absolute Gasteiger partial charge is 0.494 e. The molecule has 1 aromatic rings. The van der Waals surface area contributed by atoms with E-state index in [1.54, 1.807) is 12.1 Å². The molecule has 1 aromatic carbocycles. The van der Waals surface area contributed by atoms with Crippen LogP contribution in [0.25, 0.3) is 0 Å². The van der Waals surface area contributed by atoms with E-state index in [1.807, 2.05) is 6.07 Å². The van der Waals surface area contributed by atoms with Crippen molar-refractivity contribution in [3.63, 3.8) is 0 Å². The molecule has 1 heterocycles. The van der Waals surface area contributed by atoms with Crippen molar-refractivity contribution in [2.45, 2.75) is 45.7 Å². The lowest BCUT2D eigenvalue weighted by atomic mass is 9.78. The van der Waals surface area contributed by atoms with Crippen molar-refractivity contribution in [3.05, 3.63) is 29.6 Å². The third-order valence-corrected chi connectivity index (χ3v) is 6.51. The monoisotopic (exact) mass is 391 g/mol. The first-order valence-electron chi connectivity index (χ1n) is 10.5. The van der Waals surface area contributed by atoms with Gasteiger partial charge in [-0.25, -0.2) is 4.39 Å². The molecule has 0 aromatic heterocycles. The summed E-state index contributed by atoms with van der Waals surface area (Å²) in [6.07, 6.45) is 3.58. The molecule has 3 rings (SSSR count). The molecule has 1 saturated carbocycles. The minimum Gasteiger partial charge on any atom is -0.494 e. The summed E-state index contributed by atoms with van der Waals surface area (Å²) in [5.74, 6) is 1.35. The van der Waals surface area contributed by atoms with Crippen molar-refractivity contribution in [1.82, 2.24) is 15.1 Å². The summed E-state index contributed by atoms with van der Waals surface area (Å²) in [7, 11) is 1.48. The molecule has 156 valence electrons. The second kappa shape index (κ2) is 9.70. The fourth-order valence-corrected chi connectivity index (χ4v) is 4.41.